The molecule has 0 aliphatic rings. The Bertz CT molecular complexity index is 519. The summed E-state index contributed by atoms with van der Waals surface area (Å²) in [7, 11) is 0. The average Bonchev–Trinajstić information content (AvgIpc) is 2.64. The minimum atomic E-state index is -0.333. The first-order valence-electron chi connectivity index (χ1n) is 4.74. The number of aryl methyl sites for hydroxylation is 1. The molecule has 0 spiro atoms. The molecule has 0 aliphatic carbocycles. The molecule has 0 saturated heterocycles. The Morgan fingerprint density at radius 3 is 2.94 bits per heavy atom. The van der Waals surface area contributed by atoms with Crippen molar-refractivity contribution in [1.82, 2.24) is 4.98 Å². The molecular formula is C11H11N3O2. The lowest BCUT2D eigenvalue weighted by molar-refractivity contribution is 0.0996. The van der Waals surface area contributed by atoms with Crippen LogP contribution in [0.3, 0.4) is 0 Å². The third-order valence-corrected chi connectivity index (χ3v) is 2.10. The molecule has 16 heavy (non-hydrogen) atoms. The second-order valence-corrected chi connectivity index (χ2v) is 3.35. The van der Waals surface area contributed by atoms with E-state index in [1.807, 2.05) is 0 Å². The van der Waals surface area contributed by atoms with Gasteiger partial charge < -0.3 is 15.5 Å². The van der Waals surface area contributed by atoms with Crippen molar-refractivity contribution >= 4 is 17.3 Å². The number of aromatic nitrogens is 1. The summed E-state index contributed by atoms with van der Waals surface area (Å²) in [5, 5.41) is 2.67. The van der Waals surface area contributed by atoms with Crippen LogP contribution in [0.25, 0.3) is 0 Å². The zero-order chi connectivity index (χ0) is 11.5. The van der Waals surface area contributed by atoms with Crippen LogP contribution in [0, 0.1) is 6.92 Å². The molecule has 82 valence electrons. The van der Waals surface area contributed by atoms with Crippen LogP contribution in [0.15, 0.2) is 35.1 Å². The van der Waals surface area contributed by atoms with Crippen LogP contribution in [-0.4, -0.2) is 10.9 Å². The molecule has 2 aromatic rings. The van der Waals surface area contributed by atoms with E-state index in [4.69, 9.17) is 10.2 Å². The van der Waals surface area contributed by atoms with Crippen molar-refractivity contribution in [2.24, 2.45) is 0 Å². The topological polar surface area (TPSA) is 81.2 Å². The lowest BCUT2D eigenvalue weighted by Gasteiger charge is -2.03. The summed E-state index contributed by atoms with van der Waals surface area (Å²) in [5.74, 6) is -0.122. The number of nitrogen functional groups attached to an aromatic ring is 1. The molecule has 0 fully saturated rings. The zero-order valence-electron chi connectivity index (χ0n) is 8.73. The highest BCUT2D eigenvalue weighted by atomic mass is 16.3. The third-order valence-electron chi connectivity index (χ3n) is 2.10. The van der Waals surface area contributed by atoms with Gasteiger partial charge in [-0.05, 0) is 25.1 Å². The van der Waals surface area contributed by atoms with Crippen molar-refractivity contribution in [1.29, 1.82) is 0 Å². The molecule has 0 bridgehead atoms. The minimum Gasteiger partial charge on any atom is -0.438 e. The molecule has 3 N–H and O–H groups in total. The fourth-order valence-corrected chi connectivity index (χ4v) is 1.32. The minimum absolute atomic E-state index is 0.211. The maximum Gasteiger partial charge on any atom is 0.293 e. The molecule has 1 aromatic heterocycles. The number of benzene rings is 1. The second kappa shape index (κ2) is 4.06. The quantitative estimate of drug-likeness (QED) is 0.752. The van der Waals surface area contributed by atoms with Crippen LogP contribution in [0.4, 0.5) is 11.4 Å². The third kappa shape index (κ3) is 2.03. The molecule has 0 unspecified atom stereocenters. The summed E-state index contributed by atoms with van der Waals surface area (Å²) < 4.78 is 4.97. The first-order chi connectivity index (χ1) is 7.66. The van der Waals surface area contributed by atoms with Gasteiger partial charge in [-0.15, -0.1) is 0 Å². The van der Waals surface area contributed by atoms with Crippen LogP contribution in [0.2, 0.25) is 0 Å². The fraction of sp³-hybridized carbons (Fsp3) is 0.0909. The van der Waals surface area contributed by atoms with E-state index in [-0.39, 0.29) is 11.7 Å². The molecule has 5 heteroatoms. The maximum absolute atomic E-state index is 11.7. The van der Waals surface area contributed by atoms with Crippen molar-refractivity contribution in [3.63, 3.8) is 0 Å². The highest BCUT2D eigenvalue weighted by Crippen LogP contribution is 2.14. The van der Waals surface area contributed by atoms with Crippen molar-refractivity contribution < 1.29 is 9.21 Å². The van der Waals surface area contributed by atoms with E-state index in [1.165, 1.54) is 6.39 Å². The van der Waals surface area contributed by atoms with Crippen LogP contribution in [-0.2, 0) is 0 Å². The molecule has 5 nitrogen and oxygen atoms in total. The Hall–Kier alpha value is -2.30. The number of hydrogen-bond acceptors (Lipinski definition) is 4. The van der Waals surface area contributed by atoms with Gasteiger partial charge in [0.05, 0.1) is 5.69 Å². The summed E-state index contributed by atoms with van der Waals surface area (Å²) in [6.07, 6.45) is 1.24. The van der Waals surface area contributed by atoms with E-state index in [1.54, 1.807) is 31.2 Å². The molecule has 0 radical (unpaired) electrons. The number of oxazole rings is 1. The lowest BCUT2D eigenvalue weighted by atomic mass is 10.2. The SMILES string of the molecule is Cc1ncoc1C(=O)Nc1cccc(N)c1. The molecule has 0 atom stereocenters. The zero-order valence-corrected chi connectivity index (χ0v) is 8.73. The Morgan fingerprint density at radius 1 is 1.50 bits per heavy atom. The van der Waals surface area contributed by atoms with Gasteiger partial charge in [-0.1, -0.05) is 6.07 Å². The molecular weight excluding hydrogens is 206 g/mol. The summed E-state index contributed by atoms with van der Waals surface area (Å²) in [6.45, 7) is 1.71. The number of carbonyl (C=O) groups excluding carboxylic acids is 1. The summed E-state index contributed by atoms with van der Waals surface area (Å²) in [5.41, 5.74) is 7.37. The largest absolute Gasteiger partial charge is 0.438 e. The maximum atomic E-state index is 11.7. The number of carbonyl (C=O) groups is 1. The number of rotatable bonds is 2. The first-order valence-corrected chi connectivity index (χ1v) is 4.74. The van der Waals surface area contributed by atoms with Gasteiger partial charge in [-0.3, -0.25) is 4.79 Å². The van der Waals surface area contributed by atoms with Gasteiger partial charge in [0.15, 0.2) is 6.39 Å². The Kier molecular flexibility index (Phi) is 2.59. The second-order valence-electron chi connectivity index (χ2n) is 3.35. The number of nitrogens with zero attached hydrogens (tertiary/aromatic N) is 1. The van der Waals surface area contributed by atoms with Crippen LogP contribution in [0.5, 0.6) is 0 Å². The van der Waals surface area contributed by atoms with Gasteiger partial charge in [-0.25, -0.2) is 4.98 Å². The monoisotopic (exact) mass is 217 g/mol. The average molecular weight is 217 g/mol. The van der Waals surface area contributed by atoms with Gasteiger partial charge in [0, 0.05) is 11.4 Å². The van der Waals surface area contributed by atoms with Crippen molar-refractivity contribution in [2.75, 3.05) is 11.1 Å². The Balaban J connectivity index is 2.17. The van der Waals surface area contributed by atoms with E-state index in [9.17, 15) is 4.79 Å². The van der Waals surface area contributed by atoms with Crippen molar-refractivity contribution in [3.8, 4) is 0 Å². The summed E-state index contributed by atoms with van der Waals surface area (Å²) >= 11 is 0. The molecule has 2 rings (SSSR count). The van der Waals surface area contributed by atoms with Crippen molar-refractivity contribution in [3.05, 3.63) is 42.1 Å². The number of nitrogens with one attached hydrogen (secondary N) is 1. The molecule has 0 aliphatic heterocycles. The van der Waals surface area contributed by atoms with Crippen LogP contribution >= 0.6 is 0 Å². The lowest BCUT2D eigenvalue weighted by Crippen LogP contribution is -2.12. The van der Waals surface area contributed by atoms with E-state index >= 15 is 0 Å². The van der Waals surface area contributed by atoms with E-state index in [0.717, 1.165) is 0 Å². The van der Waals surface area contributed by atoms with Gasteiger partial charge in [0.1, 0.15) is 0 Å². The Morgan fingerprint density at radius 2 is 2.31 bits per heavy atom. The summed E-state index contributed by atoms with van der Waals surface area (Å²) in [6, 6.07) is 6.93. The van der Waals surface area contributed by atoms with Gasteiger partial charge >= 0.3 is 0 Å². The van der Waals surface area contributed by atoms with E-state index in [0.29, 0.717) is 17.1 Å². The highest BCUT2D eigenvalue weighted by Gasteiger charge is 2.13. The number of amides is 1. The van der Waals surface area contributed by atoms with Gasteiger partial charge in [-0.2, -0.15) is 0 Å². The fourth-order valence-electron chi connectivity index (χ4n) is 1.32. The predicted octanol–water partition coefficient (Wildman–Crippen LogP) is 1.82. The van der Waals surface area contributed by atoms with Crippen LogP contribution in [0.1, 0.15) is 16.2 Å². The normalized spacial score (nSPS) is 10.1. The van der Waals surface area contributed by atoms with Gasteiger partial charge in [0.2, 0.25) is 5.76 Å². The van der Waals surface area contributed by atoms with Crippen molar-refractivity contribution in [2.45, 2.75) is 6.92 Å². The number of anilines is 2. The van der Waals surface area contributed by atoms with Gasteiger partial charge in [0.25, 0.3) is 5.91 Å². The highest BCUT2D eigenvalue weighted by molar-refractivity contribution is 6.03. The predicted molar refractivity (Wildman–Crippen MR) is 60.0 cm³/mol. The number of nitrogens with two attached hydrogens (primary N) is 1. The molecule has 1 aromatic carbocycles. The standard InChI is InChI=1S/C11H11N3O2/c1-7-10(16-6-13-7)11(15)14-9-4-2-3-8(12)5-9/h2-6H,12H2,1H3,(H,14,15). The molecule has 1 heterocycles. The first kappa shape index (κ1) is 10.2. The molecule has 1 amide bonds. The van der Waals surface area contributed by atoms with E-state index < -0.39 is 0 Å². The van der Waals surface area contributed by atoms with Crippen LogP contribution < -0.4 is 11.1 Å². The smallest absolute Gasteiger partial charge is 0.293 e. The Labute approximate surface area is 92.3 Å². The molecule has 0 saturated carbocycles. The summed E-state index contributed by atoms with van der Waals surface area (Å²) in [4.78, 5) is 15.6. The number of hydrogen-bond donors (Lipinski definition) is 2. The van der Waals surface area contributed by atoms with E-state index in [2.05, 4.69) is 10.3 Å².